The smallest absolute Gasteiger partial charge is 0.222 e. The molecule has 2 rings (SSSR count). The van der Waals surface area contributed by atoms with Gasteiger partial charge in [-0.3, -0.25) is 4.79 Å². The highest BCUT2D eigenvalue weighted by Gasteiger charge is 2.22. The fourth-order valence-corrected chi connectivity index (χ4v) is 2.94. The van der Waals surface area contributed by atoms with E-state index in [2.05, 4.69) is 12.2 Å². The molecule has 0 spiro atoms. The Morgan fingerprint density at radius 3 is 2.71 bits per heavy atom. The Balaban J connectivity index is 0.00000144. The van der Waals surface area contributed by atoms with Gasteiger partial charge in [0.1, 0.15) is 0 Å². The van der Waals surface area contributed by atoms with Gasteiger partial charge in [-0.15, -0.1) is 12.4 Å². The Morgan fingerprint density at radius 2 is 2.06 bits per heavy atom. The van der Waals surface area contributed by atoms with Gasteiger partial charge in [0, 0.05) is 32.1 Å². The van der Waals surface area contributed by atoms with Crippen LogP contribution in [0.1, 0.15) is 45.4 Å². The summed E-state index contributed by atoms with van der Waals surface area (Å²) in [6, 6.07) is 0.462. The van der Waals surface area contributed by atoms with Crippen molar-refractivity contribution >= 4 is 18.3 Å². The quantitative estimate of drug-likeness (QED) is 0.844. The maximum atomic E-state index is 12.0. The number of carbonyl (C=O) groups is 1. The van der Waals surface area contributed by atoms with E-state index in [1.165, 1.54) is 25.7 Å². The number of amides is 1. The molecular weight excluding hydrogens is 236 g/mol. The largest absolute Gasteiger partial charge is 0.340 e. The summed E-state index contributed by atoms with van der Waals surface area (Å²) in [4.78, 5) is 14.0. The average molecular weight is 261 g/mol. The van der Waals surface area contributed by atoms with E-state index in [1.807, 2.05) is 4.90 Å². The van der Waals surface area contributed by atoms with Crippen molar-refractivity contribution < 1.29 is 4.79 Å². The lowest BCUT2D eigenvalue weighted by Crippen LogP contribution is -2.51. The number of hydrogen-bond acceptors (Lipinski definition) is 2. The van der Waals surface area contributed by atoms with Crippen molar-refractivity contribution in [3.8, 4) is 0 Å². The minimum absolute atomic E-state index is 0. The van der Waals surface area contributed by atoms with E-state index in [1.54, 1.807) is 0 Å². The summed E-state index contributed by atoms with van der Waals surface area (Å²) in [7, 11) is 0. The van der Waals surface area contributed by atoms with Crippen molar-refractivity contribution in [3.05, 3.63) is 0 Å². The lowest BCUT2D eigenvalue weighted by Gasteiger charge is -2.32. The van der Waals surface area contributed by atoms with Crippen molar-refractivity contribution in [3.63, 3.8) is 0 Å². The normalized spacial score (nSPS) is 25.7. The van der Waals surface area contributed by atoms with Gasteiger partial charge in [0.15, 0.2) is 0 Å². The van der Waals surface area contributed by atoms with Gasteiger partial charge in [0.25, 0.3) is 0 Å². The molecule has 3 nitrogen and oxygen atoms in total. The Bertz CT molecular complexity index is 242. The van der Waals surface area contributed by atoms with Crippen molar-refractivity contribution in [2.24, 2.45) is 5.92 Å². The first-order valence-corrected chi connectivity index (χ1v) is 6.77. The van der Waals surface area contributed by atoms with Crippen molar-refractivity contribution in [1.29, 1.82) is 0 Å². The molecule has 1 N–H and O–H groups in total. The van der Waals surface area contributed by atoms with Crippen LogP contribution in [0.2, 0.25) is 0 Å². The standard InChI is InChI=1S/C13H24N2O.ClH/c1-11-10-15(9-8-14-11)13(16)7-6-12-4-2-3-5-12;/h11-12,14H,2-10H2,1H3;1H/t11-;/m1./s1. The molecule has 1 saturated carbocycles. The molecule has 0 bridgehead atoms. The van der Waals surface area contributed by atoms with E-state index in [0.29, 0.717) is 11.9 Å². The lowest BCUT2D eigenvalue weighted by atomic mass is 10.0. The number of piperazine rings is 1. The van der Waals surface area contributed by atoms with Gasteiger partial charge in [-0.25, -0.2) is 0 Å². The van der Waals surface area contributed by atoms with E-state index in [-0.39, 0.29) is 12.4 Å². The molecule has 100 valence electrons. The molecule has 0 unspecified atom stereocenters. The van der Waals surface area contributed by atoms with E-state index in [4.69, 9.17) is 0 Å². The number of nitrogens with one attached hydrogen (secondary N) is 1. The van der Waals surface area contributed by atoms with Gasteiger partial charge in [-0.1, -0.05) is 25.7 Å². The summed E-state index contributed by atoms with van der Waals surface area (Å²) in [5.74, 6) is 1.21. The van der Waals surface area contributed by atoms with Crippen LogP contribution in [0, 0.1) is 5.92 Å². The molecular formula is C13H25ClN2O. The molecule has 0 aromatic heterocycles. The maximum Gasteiger partial charge on any atom is 0.222 e. The van der Waals surface area contributed by atoms with Crippen LogP contribution in [0.15, 0.2) is 0 Å². The number of rotatable bonds is 3. The van der Waals surface area contributed by atoms with Crippen LogP contribution in [-0.2, 0) is 4.79 Å². The number of nitrogens with zero attached hydrogens (tertiary/aromatic N) is 1. The minimum atomic E-state index is 0. The van der Waals surface area contributed by atoms with Crippen molar-refractivity contribution in [2.75, 3.05) is 19.6 Å². The zero-order chi connectivity index (χ0) is 11.4. The Hall–Kier alpha value is -0.280. The summed E-state index contributed by atoms with van der Waals surface area (Å²) in [5.41, 5.74) is 0. The Labute approximate surface area is 111 Å². The van der Waals surface area contributed by atoms with Crippen LogP contribution in [0.5, 0.6) is 0 Å². The second-order valence-electron chi connectivity index (χ2n) is 5.38. The third-order valence-electron chi connectivity index (χ3n) is 3.96. The molecule has 0 aromatic rings. The van der Waals surface area contributed by atoms with Gasteiger partial charge < -0.3 is 10.2 Å². The number of carbonyl (C=O) groups excluding carboxylic acids is 1. The van der Waals surface area contributed by atoms with E-state index in [9.17, 15) is 4.79 Å². The first-order chi connectivity index (χ1) is 7.75. The molecule has 17 heavy (non-hydrogen) atoms. The molecule has 1 atom stereocenters. The molecule has 1 saturated heterocycles. The monoisotopic (exact) mass is 260 g/mol. The van der Waals surface area contributed by atoms with Gasteiger partial charge in [-0.05, 0) is 19.3 Å². The second-order valence-corrected chi connectivity index (χ2v) is 5.38. The zero-order valence-electron chi connectivity index (χ0n) is 10.8. The van der Waals surface area contributed by atoms with Crippen LogP contribution in [0.25, 0.3) is 0 Å². The molecule has 1 amide bonds. The van der Waals surface area contributed by atoms with Crippen LogP contribution in [0.4, 0.5) is 0 Å². The fourth-order valence-electron chi connectivity index (χ4n) is 2.94. The van der Waals surface area contributed by atoms with Gasteiger partial charge in [0.2, 0.25) is 5.91 Å². The maximum absolute atomic E-state index is 12.0. The third kappa shape index (κ3) is 4.47. The lowest BCUT2D eigenvalue weighted by molar-refractivity contribution is -0.132. The molecule has 1 heterocycles. The van der Waals surface area contributed by atoms with E-state index < -0.39 is 0 Å². The summed E-state index contributed by atoms with van der Waals surface area (Å²) in [6.45, 7) is 4.89. The molecule has 0 aromatic carbocycles. The Morgan fingerprint density at radius 1 is 1.35 bits per heavy atom. The number of halogens is 1. The first kappa shape index (κ1) is 14.8. The average Bonchev–Trinajstić information content (AvgIpc) is 2.78. The van der Waals surface area contributed by atoms with Gasteiger partial charge in [-0.2, -0.15) is 0 Å². The molecule has 1 aliphatic heterocycles. The zero-order valence-corrected chi connectivity index (χ0v) is 11.6. The van der Waals surface area contributed by atoms with Gasteiger partial charge in [0.05, 0.1) is 0 Å². The third-order valence-corrected chi connectivity index (χ3v) is 3.96. The summed E-state index contributed by atoms with van der Waals surface area (Å²) in [6.07, 6.45) is 7.36. The predicted molar refractivity (Wildman–Crippen MR) is 72.5 cm³/mol. The summed E-state index contributed by atoms with van der Waals surface area (Å²) >= 11 is 0. The van der Waals surface area contributed by atoms with Crippen molar-refractivity contribution in [1.82, 2.24) is 10.2 Å². The molecule has 0 radical (unpaired) electrons. The highest BCUT2D eigenvalue weighted by Crippen LogP contribution is 2.28. The summed E-state index contributed by atoms with van der Waals surface area (Å²) < 4.78 is 0. The second kappa shape index (κ2) is 7.22. The molecule has 1 aliphatic carbocycles. The van der Waals surface area contributed by atoms with Crippen LogP contribution >= 0.6 is 12.4 Å². The van der Waals surface area contributed by atoms with Crippen molar-refractivity contribution in [2.45, 2.75) is 51.5 Å². The van der Waals surface area contributed by atoms with Crippen LogP contribution in [0.3, 0.4) is 0 Å². The minimum Gasteiger partial charge on any atom is -0.340 e. The number of hydrogen-bond donors (Lipinski definition) is 1. The molecule has 4 heteroatoms. The van der Waals surface area contributed by atoms with Crippen LogP contribution in [-0.4, -0.2) is 36.5 Å². The van der Waals surface area contributed by atoms with Gasteiger partial charge >= 0.3 is 0 Å². The highest BCUT2D eigenvalue weighted by atomic mass is 35.5. The molecule has 2 fully saturated rings. The van der Waals surface area contributed by atoms with Crippen LogP contribution < -0.4 is 5.32 Å². The highest BCUT2D eigenvalue weighted by molar-refractivity contribution is 5.85. The Kier molecular flexibility index (Phi) is 6.28. The molecule has 2 aliphatic rings. The first-order valence-electron chi connectivity index (χ1n) is 6.77. The SMILES string of the molecule is C[C@@H]1CN(C(=O)CCC2CCCC2)CCN1.Cl. The fraction of sp³-hybridized carbons (Fsp3) is 0.923. The topological polar surface area (TPSA) is 32.3 Å². The predicted octanol–water partition coefficient (Wildman–Crippen LogP) is 2.20. The van der Waals surface area contributed by atoms with E-state index >= 15 is 0 Å². The van der Waals surface area contributed by atoms with E-state index in [0.717, 1.165) is 38.4 Å². The summed E-state index contributed by atoms with van der Waals surface area (Å²) in [5, 5.41) is 3.37.